The number of pyridine rings is 2. The Morgan fingerprint density at radius 1 is 0.929 bits per heavy atom. The highest BCUT2D eigenvalue weighted by Crippen LogP contribution is 2.39. The van der Waals surface area contributed by atoms with E-state index in [0.29, 0.717) is 11.1 Å². The lowest BCUT2D eigenvalue weighted by atomic mass is 9.96. The van der Waals surface area contributed by atoms with Crippen molar-refractivity contribution in [2.75, 3.05) is 0 Å². The maximum Gasteiger partial charge on any atom is 0.295 e. The molecule has 1 fully saturated rings. The number of carbonyl (C=O) groups is 2. The molecule has 138 valence electrons. The van der Waals surface area contributed by atoms with Crippen LogP contribution in [0.4, 0.5) is 0 Å². The fraction of sp³-hybridized carbons (Fsp3) is 0.0909. The first-order valence-electron chi connectivity index (χ1n) is 8.79. The highest BCUT2D eigenvalue weighted by molar-refractivity contribution is 6.46. The molecule has 0 aliphatic carbocycles. The minimum Gasteiger partial charge on any atom is -0.507 e. The van der Waals surface area contributed by atoms with Crippen LogP contribution in [0.1, 0.15) is 22.7 Å². The average Bonchev–Trinajstić information content (AvgIpc) is 3.00. The van der Waals surface area contributed by atoms with Crippen molar-refractivity contribution in [2.45, 2.75) is 12.6 Å². The highest BCUT2D eigenvalue weighted by Gasteiger charge is 2.46. The zero-order chi connectivity index (χ0) is 19.5. The molecule has 0 radical (unpaired) electrons. The molecule has 0 saturated carbocycles. The fourth-order valence-electron chi connectivity index (χ4n) is 3.37. The molecule has 1 amide bonds. The van der Waals surface area contributed by atoms with Gasteiger partial charge in [0.1, 0.15) is 5.76 Å². The Hall–Kier alpha value is -3.80. The summed E-state index contributed by atoms with van der Waals surface area (Å²) in [4.78, 5) is 35.3. The summed E-state index contributed by atoms with van der Waals surface area (Å²) in [6.07, 6.45) is 6.52. The number of benzene rings is 1. The van der Waals surface area contributed by atoms with Gasteiger partial charge >= 0.3 is 0 Å². The zero-order valence-corrected chi connectivity index (χ0v) is 14.9. The minimum absolute atomic E-state index is 0.0630. The predicted octanol–water partition coefficient (Wildman–Crippen LogP) is 3.10. The summed E-state index contributed by atoms with van der Waals surface area (Å²) in [6, 6.07) is 15.2. The molecule has 28 heavy (non-hydrogen) atoms. The van der Waals surface area contributed by atoms with Gasteiger partial charge in [0.2, 0.25) is 0 Å². The van der Waals surface area contributed by atoms with E-state index in [1.165, 1.54) is 4.90 Å². The summed E-state index contributed by atoms with van der Waals surface area (Å²) in [6.45, 7) is 0.198. The lowest BCUT2D eigenvalue weighted by Gasteiger charge is -2.25. The van der Waals surface area contributed by atoms with E-state index >= 15 is 0 Å². The summed E-state index contributed by atoms with van der Waals surface area (Å²) in [7, 11) is 0. The number of carbonyl (C=O) groups excluding carboxylic acids is 2. The first-order valence-corrected chi connectivity index (χ1v) is 8.79. The molecule has 0 spiro atoms. The maximum absolute atomic E-state index is 12.9. The first-order chi connectivity index (χ1) is 13.7. The number of aromatic nitrogens is 2. The number of aliphatic hydroxyl groups excluding tert-OH is 1. The van der Waals surface area contributed by atoms with Crippen LogP contribution in [0, 0.1) is 0 Å². The molecule has 1 aliphatic heterocycles. The maximum atomic E-state index is 12.9. The van der Waals surface area contributed by atoms with Crippen LogP contribution < -0.4 is 0 Å². The Morgan fingerprint density at radius 3 is 2.29 bits per heavy atom. The van der Waals surface area contributed by atoms with Gasteiger partial charge in [0, 0.05) is 36.9 Å². The second-order valence-electron chi connectivity index (χ2n) is 6.44. The molecule has 2 aromatic heterocycles. The van der Waals surface area contributed by atoms with E-state index in [2.05, 4.69) is 9.97 Å². The Morgan fingerprint density at radius 2 is 1.64 bits per heavy atom. The van der Waals surface area contributed by atoms with Crippen molar-refractivity contribution in [2.24, 2.45) is 0 Å². The Kier molecular flexibility index (Phi) is 4.68. The summed E-state index contributed by atoms with van der Waals surface area (Å²) < 4.78 is 0. The van der Waals surface area contributed by atoms with Crippen LogP contribution >= 0.6 is 0 Å². The molecule has 1 saturated heterocycles. The third-order valence-corrected chi connectivity index (χ3v) is 4.66. The van der Waals surface area contributed by atoms with E-state index in [0.717, 1.165) is 5.56 Å². The van der Waals surface area contributed by atoms with Gasteiger partial charge in [-0.3, -0.25) is 19.6 Å². The molecule has 6 heteroatoms. The third kappa shape index (κ3) is 3.16. The number of hydrogen-bond acceptors (Lipinski definition) is 5. The lowest BCUT2D eigenvalue weighted by molar-refractivity contribution is -0.140. The van der Waals surface area contributed by atoms with Crippen molar-refractivity contribution in [1.29, 1.82) is 0 Å². The average molecular weight is 371 g/mol. The van der Waals surface area contributed by atoms with Gasteiger partial charge < -0.3 is 10.0 Å². The lowest BCUT2D eigenvalue weighted by Crippen LogP contribution is -2.29. The number of aliphatic hydroxyl groups is 1. The highest BCUT2D eigenvalue weighted by atomic mass is 16.3. The molecule has 1 unspecified atom stereocenters. The number of Topliss-reactive ketones (excluding diaryl/α,β-unsaturated/α-hetero) is 1. The molecule has 4 rings (SSSR count). The van der Waals surface area contributed by atoms with E-state index in [1.54, 1.807) is 67.3 Å². The molecular weight excluding hydrogens is 354 g/mol. The van der Waals surface area contributed by atoms with E-state index in [4.69, 9.17) is 0 Å². The van der Waals surface area contributed by atoms with Gasteiger partial charge in [-0.25, -0.2) is 0 Å². The molecular formula is C22H17N3O3. The molecule has 1 atom stereocenters. The van der Waals surface area contributed by atoms with E-state index in [9.17, 15) is 14.7 Å². The smallest absolute Gasteiger partial charge is 0.295 e. The van der Waals surface area contributed by atoms with E-state index in [-0.39, 0.29) is 17.9 Å². The van der Waals surface area contributed by atoms with Crippen molar-refractivity contribution in [3.8, 4) is 0 Å². The predicted molar refractivity (Wildman–Crippen MR) is 103 cm³/mol. The van der Waals surface area contributed by atoms with Gasteiger partial charge in [0.05, 0.1) is 11.6 Å². The van der Waals surface area contributed by atoms with Crippen LogP contribution in [-0.4, -0.2) is 31.7 Å². The van der Waals surface area contributed by atoms with Crippen LogP contribution in [-0.2, 0) is 16.1 Å². The molecule has 1 aliphatic rings. The number of nitrogens with zero attached hydrogens (tertiary/aromatic N) is 3. The summed E-state index contributed by atoms with van der Waals surface area (Å²) in [5, 5.41) is 10.9. The molecule has 3 heterocycles. The molecule has 1 aromatic carbocycles. The second kappa shape index (κ2) is 7.44. The van der Waals surface area contributed by atoms with Crippen LogP contribution in [0.2, 0.25) is 0 Å². The van der Waals surface area contributed by atoms with Crippen LogP contribution in [0.25, 0.3) is 5.76 Å². The molecule has 0 bridgehead atoms. The summed E-state index contributed by atoms with van der Waals surface area (Å²) >= 11 is 0. The van der Waals surface area contributed by atoms with Crippen molar-refractivity contribution >= 4 is 17.4 Å². The van der Waals surface area contributed by atoms with Crippen molar-refractivity contribution < 1.29 is 14.7 Å². The zero-order valence-electron chi connectivity index (χ0n) is 14.9. The third-order valence-electron chi connectivity index (χ3n) is 4.66. The van der Waals surface area contributed by atoms with Crippen LogP contribution in [0.15, 0.2) is 85.0 Å². The number of hydrogen-bond donors (Lipinski definition) is 1. The Bertz CT molecular complexity index is 1030. The van der Waals surface area contributed by atoms with Crippen LogP contribution in [0.3, 0.4) is 0 Å². The topological polar surface area (TPSA) is 83.4 Å². The molecule has 3 aromatic rings. The van der Waals surface area contributed by atoms with Gasteiger partial charge in [-0.15, -0.1) is 0 Å². The monoisotopic (exact) mass is 371 g/mol. The van der Waals surface area contributed by atoms with Gasteiger partial charge in [-0.1, -0.05) is 42.5 Å². The summed E-state index contributed by atoms with van der Waals surface area (Å²) in [5.41, 5.74) is 1.99. The SMILES string of the molecule is O=C1C(=O)N(Cc2cccnc2)C(c2cccnc2)/C1=C(\O)c1ccccc1. The van der Waals surface area contributed by atoms with Gasteiger partial charge in [0.15, 0.2) is 0 Å². The van der Waals surface area contributed by atoms with Gasteiger partial charge in [0.25, 0.3) is 11.7 Å². The van der Waals surface area contributed by atoms with E-state index in [1.807, 2.05) is 12.1 Å². The van der Waals surface area contributed by atoms with Crippen molar-refractivity contribution in [1.82, 2.24) is 14.9 Å². The summed E-state index contributed by atoms with van der Waals surface area (Å²) in [5.74, 6) is -1.56. The number of likely N-dealkylation sites (tertiary alicyclic amines) is 1. The van der Waals surface area contributed by atoms with Crippen molar-refractivity contribution in [3.63, 3.8) is 0 Å². The Labute approximate surface area is 161 Å². The Balaban J connectivity index is 1.85. The first kappa shape index (κ1) is 17.6. The number of ketones is 1. The van der Waals surface area contributed by atoms with Gasteiger partial charge in [-0.2, -0.15) is 0 Å². The molecule has 6 nitrogen and oxygen atoms in total. The van der Waals surface area contributed by atoms with Crippen molar-refractivity contribution in [3.05, 3.63) is 102 Å². The largest absolute Gasteiger partial charge is 0.507 e. The van der Waals surface area contributed by atoms with Crippen LogP contribution in [0.5, 0.6) is 0 Å². The fourth-order valence-corrected chi connectivity index (χ4v) is 3.37. The normalized spacial score (nSPS) is 18.4. The number of amides is 1. The van der Waals surface area contributed by atoms with E-state index < -0.39 is 17.7 Å². The minimum atomic E-state index is -0.728. The standard InChI is InChI=1S/C22H17N3O3/c26-20(16-7-2-1-3-8-16)18-19(17-9-5-11-24-13-17)25(22(28)21(18)27)14-15-6-4-10-23-12-15/h1-13,19,26H,14H2/b20-18+. The molecule has 1 N–H and O–H groups in total. The quantitative estimate of drug-likeness (QED) is 0.433. The second-order valence-corrected chi connectivity index (χ2v) is 6.44. The number of rotatable bonds is 4. The van der Waals surface area contributed by atoms with Gasteiger partial charge in [-0.05, 0) is 23.3 Å².